The summed E-state index contributed by atoms with van der Waals surface area (Å²) in [6.45, 7) is 19.2. The Morgan fingerprint density at radius 2 is 1.56 bits per heavy atom. The molecule has 36 heavy (non-hydrogen) atoms. The van der Waals surface area contributed by atoms with Crippen LogP contribution in [-0.4, -0.2) is 31.1 Å². The van der Waals surface area contributed by atoms with E-state index >= 15 is 0 Å². The van der Waals surface area contributed by atoms with E-state index in [1.54, 1.807) is 11.8 Å². The molecule has 3 rings (SSSR count). The quantitative estimate of drug-likeness (QED) is 0.344. The van der Waals surface area contributed by atoms with Gasteiger partial charge in [0.15, 0.2) is 14.4 Å². The number of aryl methyl sites for hydroxylation is 1. The second kappa shape index (κ2) is 10.2. The van der Waals surface area contributed by atoms with Crippen LogP contribution in [0.1, 0.15) is 64.5 Å². The molecule has 0 aliphatic heterocycles. The molecular weight excluding hydrogens is 466 g/mol. The molecule has 0 saturated carbocycles. The van der Waals surface area contributed by atoms with Gasteiger partial charge in [-0.25, -0.2) is 4.68 Å². The average Bonchev–Trinajstić information content (AvgIpc) is 3.21. The van der Waals surface area contributed by atoms with E-state index in [2.05, 4.69) is 60.0 Å². The van der Waals surface area contributed by atoms with Crippen LogP contribution in [0.25, 0.3) is 5.69 Å². The SMILES string of the molecule is COc1ccc(C(O[Si](C)(C)C(C)(C)C)C(=O)Nc2cc(C(C)(C)C)nn2-c2ccc(C)cc2)cc1. The second-order valence-electron chi connectivity index (χ2n) is 11.9. The van der Waals surface area contributed by atoms with Crippen molar-refractivity contribution in [3.63, 3.8) is 0 Å². The Labute approximate surface area is 217 Å². The fourth-order valence-electron chi connectivity index (χ4n) is 3.43. The minimum atomic E-state index is -2.28. The molecular formula is C29H41N3O3Si. The Bertz CT molecular complexity index is 1180. The smallest absolute Gasteiger partial charge is 0.258 e. The van der Waals surface area contributed by atoms with Gasteiger partial charge in [-0.2, -0.15) is 5.10 Å². The summed E-state index contributed by atoms with van der Waals surface area (Å²) in [5, 5.41) is 7.95. The summed E-state index contributed by atoms with van der Waals surface area (Å²) in [6, 6.07) is 17.6. The van der Waals surface area contributed by atoms with E-state index in [0.29, 0.717) is 5.82 Å². The molecule has 1 unspecified atom stereocenters. The van der Waals surface area contributed by atoms with Crippen LogP contribution in [0.2, 0.25) is 18.1 Å². The van der Waals surface area contributed by atoms with Crippen LogP contribution in [0.5, 0.6) is 5.75 Å². The maximum atomic E-state index is 13.9. The number of nitrogens with one attached hydrogen (secondary N) is 1. The lowest BCUT2D eigenvalue weighted by Gasteiger charge is -2.39. The molecule has 7 heteroatoms. The van der Waals surface area contributed by atoms with Crippen LogP contribution in [0.3, 0.4) is 0 Å². The largest absolute Gasteiger partial charge is 0.497 e. The molecule has 6 nitrogen and oxygen atoms in total. The predicted octanol–water partition coefficient (Wildman–Crippen LogP) is 7.19. The molecule has 0 bridgehead atoms. The topological polar surface area (TPSA) is 65.4 Å². The number of rotatable bonds is 7. The molecule has 194 valence electrons. The van der Waals surface area contributed by atoms with Gasteiger partial charge in [-0.15, -0.1) is 0 Å². The van der Waals surface area contributed by atoms with Gasteiger partial charge in [0.05, 0.1) is 18.5 Å². The number of carbonyl (C=O) groups is 1. The number of hydrogen-bond acceptors (Lipinski definition) is 4. The number of methoxy groups -OCH3 is 1. The van der Waals surface area contributed by atoms with Crippen molar-refractivity contribution >= 4 is 20.0 Å². The second-order valence-corrected chi connectivity index (χ2v) is 16.7. The molecule has 1 N–H and O–H groups in total. The highest BCUT2D eigenvalue weighted by Crippen LogP contribution is 2.40. The summed E-state index contributed by atoms with van der Waals surface area (Å²) in [5.74, 6) is 1.13. The van der Waals surface area contributed by atoms with Gasteiger partial charge in [0.2, 0.25) is 0 Å². The maximum absolute atomic E-state index is 13.9. The van der Waals surface area contributed by atoms with E-state index in [1.807, 2.05) is 61.5 Å². The van der Waals surface area contributed by atoms with Gasteiger partial charge in [0, 0.05) is 11.5 Å². The normalized spacial score (nSPS) is 13.4. The van der Waals surface area contributed by atoms with E-state index in [4.69, 9.17) is 14.3 Å². The maximum Gasteiger partial charge on any atom is 0.258 e. The number of ether oxygens (including phenoxy) is 1. The van der Waals surface area contributed by atoms with E-state index in [1.165, 1.54) is 0 Å². The molecule has 3 aromatic rings. The van der Waals surface area contributed by atoms with Gasteiger partial charge >= 0.3 is 0 Å². The Morgan fingerprint density at radius 1 is 0.972 bits per heavy atom. The lowest BCUT2D eigenvalue weighted by Crippen LogP contribution is -2.44. The molecule has 0 radical (unpaired) electrons. The first-order chi connectivity index (χ1) is 16.6. The highest BCUT2D eigenvalue weighted by molar-refractivity contribution is 6.74. The zero-order valence-corrected chi connectivity index (χ0v) is 24.4. The van der Waals surface area contributed by atoms with E-state index in [0.717, 1.165) is 28.3 Å². The van der Waals surface area contributed by atoms with Crippen molar-refractivity contribution in [2.75, 3.05) is 12.4 Å². The number of benzene rings is 2. The minimum Gasteiger partial charge on any atom is -0.497 e. The van der Waals surface area contributed by atoms with Crippen molar-refractivity contribution in [3.8, 4) is 11.4 Å². The number of aromatic nitrogens is 2. The summed E-state index contributed by atoms with van der Waals surface area (Å²) >= 11 is 0. The first-order valence-electron chi connectivity index (χ1n) is 12.4. The molecule has 0 fully saturated rings. The van der Waals surface area contributed by atoms with Crippen molar-refractivity contribution in [2.24, 2.45) is 0 Å². The van der Waals surface area contributed by atoms with Crippen molar-refractivity contribution in [1.29, 1.82) is 0 Å². The minimum absolute atomic E-state index is 0.0545. The standard InChI is InChI=1S/C29H41N3O3Si/c1-20-11-15-22(16-12-20)32-25(19-24(31-32)28(2,3)4)30-27(33)26(35-36(9,10)29(5,6)7)21-13-17-23(34-8)18-14-21/h11-19,26H,1-10H3,(H,30,33). The van der Waals surface area contributed by atoms with E-state index < -0.39 is 14.4 Å². The third kappa shape index (κ3) is 6.26. The summed E-state index contributed by atoms with van der Waals surface area (Å²) < 4.78 is 13.8. The third-order valence-electron chi connectivity index (χ3n) is 6.88. The molecule has 1 aromatic heterocycles. The predicted molar refractivity (Wildman–Crippen MR) is 150 cm³/mol. The van der Waals surface area contributed by atoms with Gasteiger partial charge in [-0.3, -0.25) is 4.79 Å². The highest BCUT2D eigenvalue weighted by atomic mass is 28.4. The van der Waals surface area contributed by atoms with Gasteiger partial charge < -0.3 is 14.5 Å². The van der Waals surface area contributed by atoms with Crippen molar-refractivity contribution in [2.45, 2.75) is 78.1 Å². The zero-order chi connectivity index (χ0) is 26.9. The number of carbonyl (C=O) groups excluding carboxylic acids is 1. The zero-order valence-electron chi connectivity index (χ0n) is 23.4. The van der Waals surface area contributed by atoms with Crippen LogP contribution >= 0.6 is 0 Å². The van der Waals surface area contributed by atoms with Crippen LogP contribution in [0, 0.1) is 6.92 Å². The van der Waals surface area contributed by atoms with Crippen molar-refractivity contribution in [3.05, 3.63) is 71.4 Å². The summed E-state index contributed by atoms with van der Waals surface area (Å²) in [6.07, 6.45) is -0.767. The molecule has 1 amide bonds. The Kier molecular flexibility index (Phi) is 7.86. The molecule has 1 atom stereocenters. The number of hydrogen-bond donors (Lipinski definition) is 1. The Hall–Kier alpha value is -2.90. The van der Waals surface area contributed by atoms with Crippen LogP contribution in [0.4, 0.5) is 5.82 Å². The fourth-order valence-corrected chi connectivity index (χ4v) is 4.62. The lowest BCUT2D eigenvalue weighted by molar-refractivity contribution is -0.123. The molecule has 0 aliphatic rings. The number of amides is 1. The van der Waals surface area contributed by atoms with Crippen molar-refractivity contribution < 1.29 is 14.0 Å². The van der Waals surface area contributed by atoms with E-state index in [9.17, 15) is 4.79 Å². The summed E-state index contributed by atoms with van der Waals surface area (Å²) in [5.41, 5.74) is 3.55. The third-order valence-corrected chi connectivity index (χ3v) is 11.3. The van der Waals surface area contributed by atoms with Crippen LogP contribution in [-0.2, 0) is 14.6 Å². The van der Waals surface area contributed by atoms with E-state index in [-0.39, 0.29) is 16.4 Å². The molecule has 0 spiro atoms. The van der Waals surface area contributed by atoms with Gasteiger partial charge in [0.1, 0.15) is 11.6 Å². The van der Waals surface area contributed by atoms with Gasteiger partial charge in [-0.1, -0.05) is 71.4 Å². The summed E-state index contributed by atoms with van der Waals surface area (Å²) in [4.78, 5) is 13.9. The van der Waals surface area contributed by atoms with Crippen LogP contribution < -0.4 is 10.1 Å². The molecule has 0 aliphatic carbocycles. The number of anilines is 1. The van der Waals surface area contributed by atoms with Gasteiger partial charge in [0.25, 0.3) is 5.91 Å². The molecule has 1 heterocycles. The molecule has 0 saturated heterocycles. The van der Waals surface area contributed by atoms with Crippen molar-refractivity contribution in [1.82, 2.24) is 9.78 Å². The summed E-state index contributed by atoms with van der Waals surface area (Å²) in [7, 11) is -0.646. The highest BCUT2D eigenvalue weighted by Gasteiger charge is 2.41. The Balaban J connectivity index is 2.04. The van der Waals surface area contributed by atoms with Gasteiger partial charge in [-0.05, 0) is 54.9 Å². The first-order valence-corrected chi connectivity index (χ1v) is 15.3. The van der Waals surface area contributed by atoms with Crippen LogP contribution in [0.15, 0.2) is 54.6 Å². The average molecular weight is 508 g/mol. The monoisotopic (exact) mass is 507 g/mol. The Morgan fingerprint density at radius 3 is 2.06 bits per heavy atom. The number of nitrogens with zero attached hydrogens (tertiary/aromatic N) is 2. The molecule has 2 aromatic carbocycles. The first kappa shape index (κ1) is 27.7. The fraction of sp³-hybridized carbons (Fsp3) is 0.448. The lowest BCUT2D eigenvalue weighted by atomic mass is 9.92.